The molecular formula is C37H21N3S. The van der Waals surface area contributed by atoms with Gasteiger partial charge in [-0.15, -0.1) is 11.3 Å². The molecule has 6 aromatic carbocycles. The highest BCUT2D eigenvalue weighted by Gasteiger charge is 2.24. The third kappa shape index (κ3) is 2.96. The second-order valence-corrected chi connectivity index (χ2v) is 11.5. The fraction of sp³-hybridized carbons (Fsp3) is 0. The molecule has 9 aromatic rings. The maximum atomic E-state index is 8.48. The molecule has 0 saturated heterocycles. The summed E-state index contributed by atoms with van der Waals surface area (Å²) in [5.74, 6) is 0. The van der Waals surface area contributed by atoms with Crippen molar-refractivity contribution in [2.75, 3.05) is 0 Å². The SMILES string of the molecule is [C-]#[N+]c1c(-n2c3ccccc3c3ccccc32)cc(-n2c3ccccc3c3ccccc32)c2c1sc1ccccc12. The van der Waals surface area contributed by atoms with Crippen LogP contribution in [0.3, 0.4) is 0 Å². The molecular weight excluding hydrogens is 518 g/mol. The van der Waals surface area contributed by atoms with E-state index in [1.54, 1.807) is 11.3 Å². The zero-order chi connectivity index (χ0) is 27.1. The van der Waals surface area contributed by atoms with Crippen LogP contribution in [-0.4, -0.2) is 9.13 Å². The van der Waals surface area contributed by atoms with Crippen LogP contribution in [0.5, 0.6) is 0 Å². The molecule has 0 atom stereocenters. The Bertz CT molecular complexity index is 2450. The van der Waals surface area contributed by atoms with Crippen molar-refractivity contribution in [1.82, 2.24) is 9.13 Å². The largest absolute Gasteiger partial charge is 0.319 e. The first-order chi connectivity index (χ1) is 20.3. The van der Waals surface area contributed by atoms with Crippen molar-refractivity contribution in [3.05, 3.63) is 139 Å². The van der Waals surface area contributed by atoms with Gasteiger partial charge in [-0.2, -0.15) is 0 Å². The minimum Gasteiger partial charge on any atom is -0.319 e. The number of aromatic nitrogens is 2. The van der Waals surface area contributed by atoms with Crippen molar-refractivity contribution in [2.24, 2.45) is 0 Å². The second-order valence-electron chi connectivity index (χ2n) is 10.4. The zero-order valence-corrected chi connectivity index (χ0v) is 22.7. The van der Waals surface area contributed by atoms with Gasteiger partial charge in [-0.25, -0.2) is 4.85 Å². The quantitative estimate of drug-likeness (QED) is 0.194. The summed E-state index contributed by atoms with van der Waals surface area (Å²) in [6, 6.07) is 45.1. The molecule has 0 spiro atoms. The summed E-state index contributed by atoms with van der Waals surface area (Å²) in [5.41, 5.74) is 7.23. The van der Waals surface area contributed by atoms with E-state index in [2.05, 4.69) is 141 Å². The molecule has 3 nitrogen and oxygen atoms in total. The van der Waals surface area contributed by atoms with Crippen molar-refractivity contribution in [2.45, 2.75) is 0 Å². The van der Waals surface area contributed by atoms with E-state index in [1.165, 1.54) is 31.6 Å². The third-order valence-corrected chi connectivity index (χ3v) is 9.51. The number of hydrogen-bond donors (Lipinski definition) is 0. The lowest BCUT2D eigenvalue weighted by Crippen LogP contribution is -2.00. The van der Waals surface area contributed by atoms with Gasteiger partial charge in [0.05, 0.1) is 40.0 Å². The van der Waals surface area contributed by atoms with Crippen LogP contribution in [0, 0.1) is 6.57 Å². The fourth-order valence-electron chi connectivity index (χ4n) is 6.67. The molecule has 0 N–H and O–H groups in total. The number of thiophene rings is 1. The molecule has 190 valence electrons. The predicted molar refractivity (Wildman–Crippen MR) is 174 cm³/mol. The standard InChI is InChI=1S/C37H21N3S/c1-38-36-33(40-30-19-9-4-14-25(30)26-15-5-10-20-31(26)40)22-32(35-27-16-6-11-21-34(27)41-37(35)36)39-28-17-7-2-12-23(28)24-13-3-8-18-29(24)39/h2-22H. The first-order valence-corrected chi connectivity index (χ1v) is 14.5. The van der Waals surface area contributed by atoms with Crippen LogP contribution in [0.25, 0.3) is 80.0 Å². The highest BCUT2D eigenvalue weighted by molar-refractivity contribution is 7.26. The van der Waals surface area contributed by atoms with E-state index in [0.29, 0.717) is 5.69 Å². The number of nitrogens with zero attached hydrogens (tertiary/aromatic N) is 3. The molecule has 0 aliphatic heterocycles. The molecule has 3 heterocycles. The first kappa shape index (κ1) is 22.4. The Morgan fingerprint density at radius 1 is 0.488 bits per heavy atom. The average molecular weight is 540 g/mol. The maximum Gasteiger partial charge on any atom is 0.228 e. The predicted octanol–water partition coefficient (Wildman–Crippen LogP) is 10.8. The number of benzene rings is 6. The smallest absolute Gasteiger partial charge is 0.228 e. The summed E-state index contributed by atoms with van der Waals surface area (Å²) in [6.45, 7) is 8.48. The van der Waals surface area contributed by atoms with Gasteiger partial charge in [0.15, 0.2) is 0 Å². The molecule has 0 radical (unpaired) electrons. The first-order valence-electron chi connectivity index (χ1n) is 13.7. The Labute approximate surface area is 239 Å². The van der Waals surface area contributed by atoms with Crippen LogP contribution in [0.2, 0.25) is 0 Å². The lowest BCUT2D eigenvalue weighted by molar-refractivity contribution is 1.15. The fourth-order valence-corrected chi connectivity index (χ4v) is 7.88. The van der Waals surface area contributed by atoms with Crippen LogP contribution >= 0.6 is 11.3 Å². The maximum absolute atomic E-state index is 8.48. The van der Waals surface area contributed by atoms with E-state index in [0.717, 1.165) is 43.5 Å². The average Bonchev–Trinajstić information content (AvgIpc) is 3.69. The number of fused-ring (bicyclic) bond motifs is 9. The van der Waals surface area contributed by atoms with Crippen molar-refractivity contribution in [1.29, 1.82) is 0 Å². The second kappa shape index (κ2) is 8.32. The van der Waals surface area contributed by atoms with Gasteiger partial charge in [0, 0.05) is 41.7 Å². The van der Waals surface area contributed by atoms with E-state index >= 15 is 0 Å². The molecule has 0 saturated carbocycles. The minimum absolute atomic E-state index is 0.692. The molecule has 0 amide bonds. The molecule has 4 heteroatoms. The molecule has 0 bridgehead atoms. The normalized spacial score (nSPS) is 11.9. The molecule has 0 aliphatic rings. The Kier molecular flexibility index (Phi) is 4.55. The van der Waals surface area contributed by atoms with Gasteiger partial charge < -0.3 is 9.13 Å². The molecule has 9 rings (SSSR count). The van der Waals surface area contributed by atoms with E-state index in [1.807, 2.05) is 0 Å². The molecule has 0 aliphatic carbocycles. The third-order valence-electron chi connectivity index (χ3n) is 8.34. The summed E-state index contributed by atoms with van der Waals surface area (Å²) in [5, 5.41) is 7.14. The summed E-state index contributed by atoms with van der Waals surface area (Å²) in [4.78, 5) is 4.24. The van der Waals surface area contributed by atoms with Gasteiger partial charge in [-0.05, 0) is 36.4 Å². The van der Waals surface area contributed by atoms with E-state index < -0.39 is 0 Å². The highest BCUT2D eigenvalue weighted by atomic mass is 32.1. The lowest BCUT2D eigenvalue weighted by atomic mass is 10.1. The number of hydrogen-bond acceptors (Lipinski definition) is 1. The molecule has 0 fully saturated rings. The van der Waals surface area contributed by atoms with Crippen LogP contribution in [0.15, 0.2) is 127 Å². The van der Waals surface area contributed by atoms with Crippen molar-refractivity contribution in [3.8, 4) is 11.4 Å². The Morgan fingerprint density at radius 2 is 0.902 bits per heavy atom. The summed E-state index contributed by atoms with van der Waals surface area (Å²) in [7, 11) is 0. The molecule has 41 heavy (non-hydrogen) atoms. The lowest BCUT2D eigenvalue weighted by Gasteiger charge is -2.17. The van der Waals surface area contributed by atoms with Crippen LogP contribution in [0.1, 0.15) is 0 Å². The van der Waals surface area contributed by atoms with Gasteiger partial charge >= 0.3 is 0 Å². The van der Waals surface area contributed by atoms with Crippen LogP contribution in [-0.2, 0) is 0 Å². The highest BCUT2D eigenvalue weighted by Crippen LogP contribution is 2.48. The molecule has 3 aromatic heterocycles. The number of rotatable bonds is 2. The topological polar surface area (TPSA) is 14.2 Å². The summed E-state index contributed by atoms with van der Waals surface area (Å²) in [6.07, 6.45) is 0. The van der Waals surface area contributed by atoms with Gasteiger partial charge in [-0.3, -0.25) is 0 Å². The number of para-hydroxylation sites is 4. The van der Waals surface area contributed by atoms with Crippen LogP contribution in [0.4, 0.5) is 5.69 Å². The van der Waals surface area contributed by atoms with Gasteiger partial charge in [-0.1, -0.05) is 91.0 Å². The van der Waals surface area contributed by atoms with Gasteiger partial charge in [0.2, 0.25) is 5.69 Å². The summed E-state index contributed by atoms with van der Waals surface area (Å²) >= 11 is 1.72. The molecule has 0 unspecified atom stereocenters. The van der Waals surface area contributed by atoms with Crippen molar-refractivity contribution in [3.63, 3.8) is 0 Å². The Balaban J connectivity index is 1.55. The Hall–Kier alpha value is -5.37. The Morgan fingerprint density at radius 3 is 1.39 bits per heavy atom. The van der Waals surface area contributed by atoms with Gasteiger partial charge in [0.1, 0.15) is 0 Å². The van der Waals surface area contributed by atoms with Crippen molar-refractivity contribution >= 4 is 80.8 Å². The van der Waals surface area contributed by atoms with E-state index in [4.69, 9.17) is 6.57 Å². The van der Waals surface area contributed by atoms with Crippen molar-refractivity contribution < 1.29 is 0 Å². The minimum atomic E-state index is 0.692. The van der Waals surface area contributed by atoms with E-state index in [-0.39, 0.29) is 0 Å². The zero-order valence-electron chi connectivity index (χ0n) is 21.9. The monoisotopic (exact) mass is 539 g/mol. The van der Waals surface area contributed by atoms with Gasteiger partial charge in [0.25, 0.3) is 0 Å². The van der Waals surface area contributed by atoms with Crippen LogP contribution < -0.4 is 0 Å². The summed E-state index contributed by atoms with van der Waals surface area (Å²) < 4.78 is 6.91. The van der Waals surface area contributed by atoms with E-state index in [9.17, 15) is 0 Å².